The van der Waals surface area contributed by atoms with E-state index in [9.17, 15) is 0 Å². The van der Waals surface area contributed by atoms with Gasteiger partial charge in [-0.25, -0.2) is 0 Å². The van der Waals surface area contributed by atoms with Gasteiger partial charge in [-0.15, -0.1) is 0 Å². The third-order valence-electron chi connectivity index (χ3n) is 3.60. The molecule has 0 N–H and O–H groups in total. The molecule has 0 unspecified atom stereocenters. The van der Waals surface area contributed by atoms with Crippen molar-refractivity contribution in [1.82, 2.24) is 0 Å². The molecule has 0 heteroatoms. The van der Waals surface area contributed by atoms with Gasteiger partial charge < -0.3 is 0 Å². The summed E-state index contributed by atoms with van der Waals surface area (Å²) in [5, 5.41) is 0. The first-order valence-corrected chi connectivity index (χ1v) is 6.42. The first-order chi connectivity index (χ1) is 8.33. The number of benzene rings is 2. The van der Waals surface area contributed by atoms with Gasteiger partial charge in [-0.1, -0.05) is 74.5 Å². The highest BCUT2D eigenvalue weighted by molar-refractivity contribution is 5.27. The maximum absolute atomic E-state index is 2.33. The Hall–Kier alpha value is -1.56. The van der Waals surface area contributed by atoms with Gasteiger partial charge in [0.1, 0.15) is 0 Å². The maximum atomic E-state index is 2.33. The van der Waals surface area contributed by atoms with Crippen LogP contribution < -0.4 is 0 Å². The van der Waals surface area contributed by atoms with Crippen molar-refractivity contribution >= 4 is 0 Å². The van der Waals surface area contributed by atoms with Crippen molar-refractivity contribution < 1.29 is 0 Å². The van der Waals surface area contributed by atoms with Gasteiger partial charge in [0.05, 0.1) is 0 Å². The van der Waals surface area contributed by atoms with E-state index in [1.807, 2.05) is 0 Å². The molecule has 0 aliphatic carbocycles. The van der Waals surface area contributed by atoms with E-state index in [4.69, 9.17) is 0 Å². The molecule has 0 spiro atoms. The predicted octanol–water partition coefficient (Wildman–Crippen LogP) is 4.98. The number of rotatable bonds is 4. The fourth-order valence-electron chi connectivity index (χ4n) is 2.57. The van der Waals surface area contributed by atoms with Gasteiger partial charge in [0, 0.05) is 0 Å². The normalized spacial score (nSPS) is 14.2. The van der Waals surface area contributed by atoms with Crippen molar-refractivity contribution in [1.29, 1.82) is 0 Å². The van der Waals surface area contributed by atoms with Crippen LogP contribution >= 0.6 is 0 Å². The lowest BCUT2D eigenvalue weighted by Crippen LogP contribution is -2.07. The highest BCUT2D eigenvalue weighted by Crippen LogP contribution is 2.34. The zero-order chi connectivity index (χ0) is 12.1. The molecule has 2 aromatic rings. The lowest BCUT2D eigenvalue weighted by molar-refractivity contribution is 0.559. The summed E-state index contributed by atoms with van der Waals surface area (Å²) in [7, 11) is 0. The molecule has 0 aromatic heterocycles. The molecule has 0 aliphatic rings. The van der Waals surface area contributed by atoms with E-state index < -0.39 is 0 Å². The van der Waals surface area contributed by atoms with Gasteiger partial charge in [0.15, 0.2) is 0 Å². The van der Waals surface area contributed by atoms with Gasteiger partial charge in [-0.3, -0.25) is 0 Å². The third-order valence-corrected chi connectivity index (χ3v) is 3.60. The van der Waals surface area contributed by atoms with Crippen molar-refractivity contribution in [2.45, 2.75) is 32.1 Å². The fourth-order valence-corrected chi connectivity index (χ4v) is 2.57. The topological polar surface area (TPSA) is 0 Å². The minimum absolute atomic E-state index is 0.573. The van der Waals surface area contributed by atoms with Crippen LogP contribution in [0.15, 0.2) is 60.7 Å². The first kappa shape index (κ1) is 11.9. The summed E-state index contributed by atoms with van der Waals surface area (Å²) in [5.74, 6) is 1.18. The largest absolute Gasteiger partial charge is 0.0648 e. The number of hydrogen-bond acceptors (Lipinski definition) is 0. The van der Waals surface area contributed by atoms with Crippen molar-refractivity contribution in [3.05, 3.63) is 71.8 Å². The molecule has 0 saturated heterocycles. The molecule has 0 fully saturated rings. The predicted molar refractivity (Wildman–Crippen MR) is 74.3 cm³/mol. The summed E-state index contributed by atoms with van der Waals surface area (Å²) in [6, 6.07) is 21.6. The lowest BCUT2D eigenvalue weighted by Gasteiger charge is -2.23. The van der Waals surface area contributed by atoms with E-state index in [1.165, 1.54) is 17.5 Å². The molecule has 2 atom stereocenters. The molecular weight excluding hydrogens is 204 g/mol. The molecular formula is C17H20. The van der Waals surface area contributed by atoms with E-state index in [1.54, 1.807) is 0 Å². The molecule has 0 nitrogen and oxygen atoms in total. The SMILES string of the molecule is CC[C@H](c1ccccc1)[C@H](C)c1ccccc1. The van der Waals surface area contributed by atoms with E-state index in [0.29, 0.717) is 11.8 Å². The molecule has 0 radical (unpaired) electrons. The Morgan fingerprint density at radius 1 is 0.765 bits per heavy atom. The highest BCUT2D eigenvalue weighted by Gasteiger charge is 2.18. The van der Waals surface area contributed by atoms with Crippen molar-refractivity contribution in [2.24, 2.45) is 0 Å². The molecule has 2 rings (SSSR count). The quantitative estimate of drug-likeness (QED) is 0.686. The summed E-state index contributed by atoms with van der Waals surface area (Å²) in [6.45, 7) is 4.60. The zero-order valence-electron chi connectivity index (χ0n) is 10.6. The molecule has 17 heavy (non-hydrogen) atoms. The molecule has 0 heterocycles. The summed E-state index contributed by atoms with van der Waals surface area (Å²) < 4.78 is 0. The molecule has 2 aromatic carbocycles. The van der Waals surface area contributed by atoms with Gasteiger partial charge in [-0.05, 0) is 29.4 Å². The summed E-state index contributed by atoms with van der Waals surface area (Å²) in [6.07, 6.45) is 1.18. The van der Waals surface area contributed by atoms with Crippen LogP contribution in [0, 0.1) is 0 Å². The van der Waals surface area contributed by atoms with E-state index in [0.717, 1.165) is 0 Å². The first-order valence-electron chi connectivity index (χ1n) is 6.42. The van der Waals surface area contributed by atoms with E-state index >= 15 is 0 Å². The smallest absolute Gasteiger partial charge is 0.00984 e. The molecule has 0 bridgehead atoms. The van der Waals surface area contributed by atoms with Crippen LogP contribution in [0.1, 0.15) is 43.2 Å². The maximum Gasteiger partial charge on any atom is -0.00984 e. The van der Waals surface area contributed by atoms with Gasteiger partial charge in [0.2, 0.25) is 0 Å². The Bertz CT molecular complexity index is 430. The van der Waals surface area contributed by atoms with Gasteiger partial charge in [-0.2, -0.15) is 0 Å². The Kier molecular flexibility index (Phi) is 3.98. The monoisotopic (exact) mass is 224 g/mol. The van der Waals surface area contributed by atoms with Crippen LogP contribution in [0.2, 0.25) is 0 Å². The average molecular weight is 224 g/mol. The summed E-state index contributed by atoms with van der Waals surface area (Å²) in [4.78, 5) is 0. The highest BCUT2D eigenvalue weighted by atomic mass is 14.2. The van der Waals surface area contributed by atoms with Gasteiger partial charge in [0.25, 0.3) is 0 Å². The second kappa shape index (κ2) is 5.67. The fraction of sp³-hybridized carbons (Fsp3) is 0.294. The van der Waals surface area contributed by atoms with Crippen molar-refractivity contribution in [2.75, 3.05) is 0 Å². The van der Waals surface area contributed by atoms with E-state index in [-0.39, 0.29) is 0 Å². The Labute approximate surface area is 104 Å². The van der Waals surface area contributed by atoms with Crippen LogP contribution in [0.3, 0.4) is 0 Å². The molecule has 0 aliphatic heterocycles. The zero-order valence-corrected chi connectivity index (χ0v) is 10.6. The van der Waals surface area contributed by atoms with E-state index in [2.05, 4.69) is 74.5 Å². The minimum atomic E-state index is 0.573. The Morgan fingerprint density at radius 3 is 1.71 bits per heavy atom. The third kappa shape index (κ3) is 2.76. The summed E-state index contributed by atoms with van der Waals surface area (Å²) >= 11 is 0. The lowest BCUT2D eigenvalue weighted by atomic mass is 9.81. The molecule has 0 saturated carbocycles. The van der Waals surface area contributed by atoms with Crippen LogP contribution in [0.25, 0.3) is 0 Å². The van der Waals surface area contributed by atoms with Crippen LogP contribution in [-0.4, -0.2) is 0 Å². The summed E-state index contributed by atoms with van der Waals surface area (Å²) in [5.41, 5.74) is 2.88. The Balaban J connectivity index is 2.25. The minimum Gasteiger partial charge on any atom is -0.0648 e. The Morgan fingerprint density at radius 2 is 1.24 bits per heavy atom. The second-order valence-corrected chi connectivity index (χ2v) is 4.62. The molecule has 0 amide bonds. The van der Waals surface area contributed by atoms with Crippen LogP contribution in [0.4, 0.5) is 0 Å². The number of hydrogen-bond donors (Lipinski definition) is 0. The van der Waals surface area contributed by atoms with Gasteiger partial charge >= 0.3 is 0 Å². The van der Waals surface area contributed by atoms with Crippen LogP contribution in [0.5, 0.6) is 0 Å². The average Bonchev–Trinajstić information content (AvgIpc) is 2.42. The van der Waals surface area contributed by atoms with Crippen molar-refractivity contribution in [3.8, 4) is 0 Å². The van der Waals surface area contributed by atoms with Crippen molar-refractivity contribution in [3.63, 3.8) is 0 Å². The van der Waals surface area contributed by atoms with Crippen LogP contribution in [-0.2, 0) is 0 Å². The second-order valence-electron chi connectivity index (χ2n) is 4.62. The molecule has 88 valence electrons. The standard InChI is InChI=1S/C17H20/c1-3-17(16-12-8-5-9-13-16)14(2)15-10-6-4-7-11-15/h4-14,17H,3H2,1-2H3/t14-,17+/m1/s1.